The number of benzene rings is 2. The average molecular weight is 438 g/mol. The van der Waals surface area contributed by atoms with Gasteiger partial charge < -0.3 is 19.2 Å². The van der Waals surface area contributed by atoms with Crippen LogP contribution in [0, 0.1) is 11.8 Å². The van der Waals surface area contributed by atoms with E-state index in [1.807, 2.05) is 18.2 Å². The predicted molar refractivity (Wildman–Crippen MR) is 131 cm³/mol. The Bertz CT molecular complexity index is 840. The van der Waals surface area contributed by atoms with Crippen LogP contribution in [0.4, 0.5) is 0 Å². The Hall–Kier alpha value is -2.33. The molecule has 1 aliphatic heterocycles. The first-order valence-electron chi connectivity index (χ1n) is 12.0. The highest BCUT2D eigenvalue weighted by molar-refractivity contribution is 5.69. The van der Waals surface area contributed by atoms with Gasteiger partial charge in [0, 0.05) is 0 Å². The predicted octanol–water partition coefficient (Wildman–Crippen LogP) is 5.53. The minimum absolute atomic E-state index is 0.252. The van der Waals surface area contributed by atoms with E-state index in [9.17, 15) is 4.79 Å². The maximum absolute atomic E-state index is 12.3. The minimum atomic E-state index is -0.434. The van der Waals surface area contributed by atoms with Crippen LogP contribution >= 0.6 is 0 Å². The van der Waals surface area contributed by atoms with Crippen LogP contribution in [0.2, 0.25) is 0 Å². The number of methoxy groups -OCH3 is 2. The second kappa shape index (κ2) is 11.5. The summed E-state index contributed by atoms with van der Waals surface area (Å²) in [5, 5.41) is 0. The Labute approximate surface area is 193 Å². The number of rotatable bonds is 11. The van der Waals surface area contributed by atoms with Crippen LogP contribution in [0.5, 0.6) is 11.5 Å². The van der Waals surface area contributed by atoms with Gasteiger partial charge in [0.25, 0.3) is 0 Å². The fourth-order valence-corrected chi connectivity index (χ4v) is 5.07. The van der Waals surface area contributed by atoms with Gasteiger partial charge in [-0.3, -0.25) is 0 Å². The third-order valence-electron chi connectivity index (χ3n) is 7.30. The minimum Gasteiger partial charge on any atom is -0.497 e. The first kappa shape index (κ1) is 24.3. The second-order valence-corrected chi connectivity index (χ2v) is 9.49. The Balaban J connectivity index is 1.50. The van der Waals surface area contributed by atoms with Crippen LogP contribution < -0.4 is 9.47 Å². The zero-order valence-corrected chi connectivity index (χ0v) is 20.2. The molecule has 0 bridgehead atoms. The van der Waals surface area contributed by atoms with Gasteiger partial charge in [0.05, 0.1) is 19.6 Å². The van der Waals surface area contributed by atoms with E-state index in [-0.39, 0.29) is 5.92 Å². The van der Waals surface area contributed by atoms with Gasteiger partial charge in [-0.25, -0.2) is 0 Å². The van der Waals surface area contributed by atoms with Gasteiger partial charge in [0.1, 0.15) is 17.8 Å². The first-order chi connectivity index (χ1) is 15.5. The van der Waals surface area contributed by atoms with Crippen molar-refractivity contribution in [2.75, 3.05) is 33.9 Å². The summed E-state index contributed by atoms with van der Waals surface area (Å²) in [7, 11) is 3.40. The van der Waals surface area contributed by atoms with Crippen molar-refractivity contribution in [3.8, 4) is 11.5 Å². The topological polar surface area (TPSA) is 38.8 Å². The molecule has 32 heavy (non-hydrogen) atoms. The van der Waals surface area contributed by atoms with Crippen molar-refractivity contribution < 1.29 is 14.3 Å². The highest BCUT2D eigenvalue weighted by atomic mass is 16.5. The molecule has 0 amide bonds. The number of hydrogen-bond donors (Lipinski definition) is 0. The Kier molecular flexibility index (Phi) is 8.75. The van der Waals surface area contributed by atoms with E-state index in [4.69, 9.17) is 9.47 Å². The summed E-state index contributed by atoms with van der Waals surface area (Å²) in [4.78, 5) is 14.9. The third-order valence-corrected chi connectivity index (χ3v) is 7.30. The second-order valence-electron chi connectivity index (χ2n) is 9.49. The monoisotopic (exact) mass is 437 g/mol. The maximum atomic E-state index is 12.3. The molecule has 1 atom stereocenters. The molecule has 0 aliphatic carbocycles. The highest BCUT2D eigenvalue weighted by Crippen LogP contribution is 2.36. The van der Waals surface area contributed by atoms with Crippen molar-refractivity contribution in [1.29, 1.82) is 0 Å². The lowest BCUT2D eigenvalue weighted by atomic mass is 9.70. The van der Waals surface area contributed by atoms with Crippen molar-refractivity contribution in [3.05, 3.63) is 59.7 Å². The van der Waals surface area contributed by atoms with Crippen molar-refractivity contribution >= 4 is 6.29 Å². The zero-order chi connectivity index (χ0) is 23.0. The summed E-state index contributed by atoms with van der Waals surface area (Å²) in [6, 6.07) is 16.5. The van der Waals surface area contributed by atoms with Gasteiger partial charge >= 0.3 is 0 Å². The van der Waals surface area contributed by atoms with E-state index in [1.54, 1.807) is 14.2 Å². The van der Waals surface area contributed by atoms with Crippen LogP contribution in [0.15, 0.2) is 48.5 Å². The van der Waals surface area contributed by atoms with E-state index >= 15 is 0 Å². The number of piperidine rings is 1. The summed E-state index contributed by atoms with van der Waals surface area (Å²) < 4.78 is 10.7. The summed E-state index contributed by atoms with van der Waals surface area (Å²) in [6.45, 7) is 7.66. The van der Waals surface area contributed by atoms with Crippen LogP contribution in [-0.4, -0.2) is 45.0 Å². The molecule has 1 fully saturated rings. The number of carbonyl (C=O) groups excluding carboxylic acids is 1. The Morgan fingerprint density at radius 3 is 2.31 bits per heavy atom. The lowest BCUT2D eigenvalue weighted by molar-refractivity contribution is -0.114. The van der Waals surface area contributed by atoms with E-state index in [2.05, 4.69) is 49.1 Å². The standard InChI is InChI=1S/C28H39NO3/c1-22(2)28(21-30,25-9-11-26(31-3)12-10-25)15-6-16-29-17-13-23(14-18-29)19-24-7-5-8-27(20-24)32-4/h5,7-12,20-23H,6,13-19H2,1-4H3. The van der Waals surface area contributed by atoms with Crippen molar-refractivity contribution in [2.24, 2.45) is 11.8 Å². The number of ether oxygens (including phenoxy) is 2. The zero-order valence-electron chi connectivity index (χ0n) is 20.2. The quantitative estimate of drug-likeness (QED) is 0.433. The lowest BCUT2D eigenvalue weighted by Gasteiger charge is -2.35. The maximum Gasteiger partial charge on any atom is 0.130 e. The van der Waals surface area contributed by atoms with Gasteiger partial charge in [-0.1, -0.05) is 38.1 Å². The molecule has 1 unspecified atom stereocenters. The molecule has 0 aromatic heterocycles. The molecule has 1 saturated heterocycles. The van der Waals surface area contributed by atoms with Gasteiger partial charge in [0.2, 0.25) is 0 Å². The third kappa shape index (κ3) is 5.92. The van der Waals surface area contributed by atoms with Crippen LogP contribution in [0.1, 0.15) is 50.7 Å². The SMILES string of the molecule is COc1ccc(C(C=O)(CCCN2CCC(Cc3cccc(OC)c3)CC2)C(C)C)cc1. The molecule has 2 aromatic rings. The van der Waals surface area contributed by atoms with Crippen LogP contribution in [0.25, 0.3) is 0 Å². The van der Waals surface area contributed by atoms with E-state index in [0.717, 1.165) is 61.9 Å². The van der Waals surface area contributed by atoms with E-state index < -0.39 is 5.41 Å². The molecule has 174 valence electrons. The van der Waals surface area contributed by atoms with Crippen molar-refractivity contribution in [3.63, 3.8) is 0 Å². The van der Waals surface area contributed by atoms with E-state index in [0.29, 0.717) is 0 Å². The normalized spacial score (nSPS) is 17.2. The molecule has 4 nitrogen and oxygen atoms in total. The van der Waals surface area contributed by atoms with Crippen molar-refractivity contribution in [1.82, 2.24) is 4.90 Å². The van der Waals surface area contributed by atoms with Crippen LogP contribution in [-0.2, 0) is 16.6 Å². The molecule has 0 N–H and O–H groups in total. The molecule has 3 rings (SSSR count). The number of hydrogen-bond acceptors (Lipinski definition) is 4. The molecule has 0 saturated carbocycles. The van der Waals surface area contributed by atoms with Crippen LogP contribution in [0.3, 0.4) is 0 Å². The largest absolute Gasteiger partial charge is 0.497 e. The molecule has 4 heteroatoms. The first-order valence-corrected chi connectivity index (χ1v) is 12.0. The number of likely N-dealkylation sites (tertiary alicyclic amines) is 1. The molecule has 1 heterocycles. The highest BCUT2D eigenvalue weighted by Gasteiger charge is 2.35. The summed E-state index contributed by atoms with van der Waals surface area (Å²) in [5.41, 5.74) is 2.03. The number of carbonyl (C=O) groups is 1. The molecule has 1 aliphatic rings. The summed E-state index contributed by atoms with van der Waals surface area (Å²) >= 11 is 0. The van der Waals surface area contributed by atoms with Gasteiger partial charge in [-0.2, -0.15) is 0 Å². The van der Waals surface area contributed by atoms with E-state index in [1.165, 1.54) is 24.7 Å². The van der Waals surface area contributed by atoms with Gasteiger partial charge in [-0.15, -0.1) is 0 Å². The molecular weight excluding hydrogens is 398 g/mol. The number of aldehydes is 1. The average Bonchev–Trinajstić information content (AvgIpc) is 2.83. The summed E-state index contributed by atoms with van der Waals surface area (Å²) in [5.74, 6) is 2.76. The lowest BCUT2D eigenvalue weighted by Crippen LogP contribution is -2.38. The Morgan fingerprint density at radius 1 is 1.03 bits per heavy atom. The fourth-order valence-electron chi connectivity index (χ4n) is 5.07. The molecular formula is C28H39NO3. The summed E-state index contributed by atoms with van der Waals surface area (Å²) in [6.07, 6.45) is 6.69. The van der Waals surface area contributed by atoms with Crippen molar-refractivity contribution in [2.45, 2.75) is 51.4 Å². The fraction of sp³-hybridized carbons (Fsp3) is 0.536. The van der Waals surface area contributed by atoms with Gasteiger partial charge in [-0.05, 0) is 99.0 Å². The number of nitrogens with zero attached hydrogens (tertiary/aromatic N) is 1. The molecule has 2 aromatic carbocycles. The molecule has 0 spiro atoms. The molecule has 0 radical (unpaired) electrons. The van der Waals surface area contributed by atoms with Gasteiger partial charge in [0.15, 0.2) is 0 Å². The Morgan fingerprint density at radius 2 is 1.72 bits per heavy atom. The smallest absolute Gasteiger partial charge is 0.130 e.